The predicted octanol–water partition coefficient (Wildman–Crippen LogP) is 0.968. The first-order valence-electron chi connectivity index (χ1n) is 5.85. The molecular formula is C11H19N3O2S. The number of primary sulfonamides is 1. The highest BCUT2D eigenvalue weighted by molar-refractivity contribution is 7.89. The van der Waals surface area contributed by atoms with E-state index >= 15 is 0 Å². The SMILES string of the molecule is CC(C)NCc1cc(S(N)(=O)=O)cn1C1CC1. The van der Waals surface area contributed by atoms with Gasteiger partial charge in [0.15, 0.2) is 0 Å². The van der Waals surface area contributed by atoms with Crippen LogP contribution in [0.5, 0.6) is 0 Å². The fourth-order valence-electron chi connectivity index (χ4n) is 1.80. The van der Waals surface area contributed by atoms with E-state index in [0.717, 1.165) is 18.5 Å². The van der Waals surface area contributed by atoms with Crippen LogP contribution in [0.25, 0.3) is 0 Å². The van der Waals surface area contributed by atoms with Gasteiger partial charge >= 0.3 is 0 Å². The van der Waals surface area contributed by atoms with Gasteiger partial charge in [0.25, 0.3) is 0 Å². The fraction of sp³-hybridized carbons (Fsp3) is 0.636. The van der Waals surface area contributed by atoms with E-state index in [0.29, 0.717) is 18.6 Å². The minimum atomic E-state index is -3.60. The molecule has 6 heteroatoms. The van der Waals surface area contributed by atoms with Gasteiger partial charge in [-0.3, -0.25) is 0 Å². The Kier molecular flexibility index (Phi) is 3.29. The van der Waals surface area contributed by atoms with E-state index in [1.165, 1.54) is 0 Å². The number of nitrogens with one attached hydrogen (secondary N) is 1. The number of nitrogens with two attached hydrogens (primary N) is 1. The molecule has 0 spiro atoms. The van der Waals surface area contributed by atoms with Crippen molar-refractivity contribution in [3.63, 3.8) is 0 Å². The molecule has 96 valence electrons. The minimum absolute atomic E-state index is 0.213. The fourth-order valence-corrected chi connectivity index (χ4v) is 2.36. The first-order valence-corrected chi connectivity index (χ1v) is 7.39. The van der Waals surface area contributed by atoms with E-state index in [1.54, 1.807) is 12.3 Å². The Morgan fingerprint density at radius 3 is 2.65 bits per heavy atom. The zero-order chi connectivity index (χ0) is 12.6. The Morgan fingerprint density at radius 2 is 2.18 bits per heavy atom. The molecule has 3 N–H and O–H groups in total. The maximum absolute atomic E-state index is 11.3. The molecule has 1 aromatic heterocycles. The van der Waals surface area contributed by atoms with Crippen LogP contribution >= 0.6 is 0 Å². The topological polar surface area (TPSA) is 77.1 Å². The first kappa shape index (κ1) is 12.6. The van der Waals surface area contributed by atoms with Crippen LogP contribution in [0.4, 0.5) is 0 Å². The van der Waals surface area contributed by atoms with Crippen LogP contribution in [0.1, 0.15) is 38.4 Å². The smallest absolute Gasteiger partial charge is 0.239 e. The summed E-state index contributed by atoms with van der Waals surface area (Å²) in [6.07, 6.45) is 3.89. The van der Waals surface area contributed by atoms with Crippen LogP contribution in [0.2, 0.25) is 0 Å². The molecule has 1 saturated carbocycles. The lowest BCUT2D eigenvalue weighted by Crippen LogP contribution is -2.23. The first-order chi connectivity index (χ1) is 7.88. The molecule has 5 nitrogen and oxygen atoms in total. The number of sulfonamides is 1. The lowest BCUT2D eigenvalue weighted by Gasteiger charge is -2.10. The minimum Gasteiger partial charge on any atom is -0.346 e. The van der Waals surface area contributed by atoms with Crippen molar-refractivity contribution < 1.29 is 8.42 Å². The van der Waals surface area contributed by atoms with E-state index in [2.05, 4.69) is 19.2 Å². The molecule has 1 fully saturated rings. The molecule has 0 bridgehead atoms. The van der Waals surface area contributed by atoms with Gasteiger partial charge in [-0.25, -0.2) is 13.6 Å². The summed E-state index contributed by atoms with van der Waals surface area (Å²) in [4.78, 5) is 0.213. The van der Waals surface area contributed by atoms with E-state index in [4.69, 9.17) is 5.14 Å². The molecule has 0 aromatic carbocycles. The average molecular weight is 257 g/mol. The van der Waals surface area contributed by atoms with Gasteiger partial charge in [0.1, 0.15) is 0 Å². The largest absolute Gasteiger partial charge is 0.346 e. The molecule has 0 unspecified atom stereocenters. The monoisotopic (exact) mass is 257 g/mol. The predicted molar refractivity (Wildman–Crippen MR) is 66.1 cm³/mol. The van der Waals surface area contributed by atoms with Crippen molar-refractivity contribution in [1.29, 1.82) is 0 Å². The van der Waals surface area contributed by atoms with E-state index in [-0.39, 0.29) is 4.90 Å². The molecule has 0 aliphatic heterocycles. The average Bonchev–Trinajstić information content (AvgIpc) is 2.93. The summed E-state index contributed by atoms with van der Waals surface area (Å²) < 4.78 is 24.7. The molecule has 0 radical (unpaired) electrons. The summed E-state index contributed by atoms with van der Waals surface area (Å²) in [5.74, 6) is 0. The van der Waals surface area contributed by atoms with E-state index < -0.39 is 10.0 Å². The summed E-state index contributed by atoms with van der Waals surface area (Å²) >= 11 is 0. The van der Waals surface area contributed by atoms with Crippen LogP contribution in [-0.2, 0) is 16.6 Å². The van der Waals surface area contributed by atoms with Gasteiger partial charge in [0.05, 0.1) is 4.90 Å². The molecule has 2 rings (SSSR count). The van der Waals surface area contributed by atoms with Crippen LogP contribution in [-0.4, -0.2) is 19.0 Å². The van der Waals surface area contributed by atoms with E-state index in [9.17, 15) is 8.42 Å². The number of hydrogen-bond donors (Lipinski definition) is 2. The molecule has 1 aromatic rings. The third-order valence-electron chi connectivity index (χ3n) is 2.87. The van der Waals surface area contributed by atoms with Gasteiger partial charge in [-0.1, -0.05) is 13.8 Å². The molecule has 0 saturated heterocycles. The summed E-state index contributed by atoms with van der Waals surface area (Å²) in [6.45, 7) is 4.79. The van der Waals surface area contributed by atoms with Crippen molar-refractivity contribution in [1.82, 2.24) is 9.88 Å². The van der Waals surface area contributed by atoms with E-state index in [1.807, 2.05) is 4.57 Å². The van der Waals surface area contributed by atoms with Gasteiger partial charge in [0.2, 0.25) is 10.0 Å². The number of nitrogens with zero attached hydrogens (tertiary/aromatic N) is 1. The standard InChI is InChI=1S/C11H19N3O2S/c1-8(2)13-6-10-5-11(17(12,15)16)7-14(10)9-3-4-9/h5,7-9,13H,3-4,6H2,1-2H3,(H2,12,15,16). The Balaban J connectivity index is 2.26. The van der Waals surface area contributed by atoms with Gasteiger partial charge in [-0.05, 0) is 18.9 Å². The molecular weight excluding hydrogens is 238 g/mol. The highest BCUT2D eigenvalue weighted by Gasteiger charge is 2.27. The van der Waals surface area contributed by atoms with Crippen molar-refractivity contribution in [2.75, 3.05) is 0 Å². The normalized spacial score (nSPS) is 16.7. The second-order valence-electron chi connectivity index (χ2n) is 4.89. The van der Waals surface area contributed by atoms with Gasteiger partial charge in [-0.2, -0.15) is 0 Å². The molecule has 17 heavy (non-hydrogen) atoms. The van der Waals surface area contributed by atoms with Crippen molar-refractivity contribution >= 4 is 10.0 Å². The molecule has 0 amide bonds. The maximum Gasteiger partial charge on any atom is 0.239 e. The molecule has 1 heterocycles. The zero-order valence-electron chi connectivity index (χ0n) is 10.2. The number of hydrogen-bond acceptors (Lipinski definition) is 3. The second kappa shape index (κ2) is 4.44. The Bertz CT molecular complexity index is 501. The quantitative estimate of drug-likeness (QED) is 0.825. The molecule has 0 atom stereocenters. The van der Waals surface area contributed by atoms with Gasteiger partial charge < -0.3 is 9.88 Å². The summed E-state index contributed by atoms with van der Waals surface area (Å²) in [7, 11) is -3.60. The Morgan fingerprint density at radius 1 is 1.53 bits per heavy atom. The number of rotatable bonds is 5. The summed E-state index contributed by atoms with van der Waals surface area (Å²) in [5, 5.41) is 8.45. The third-order valence-corrected chi connectivity index (χ3v) is 3.75. The van der Waals surface area contributed by atoms with Crippen LogP contribution < -0.4 is 10.5 Å². The molecule has 1 aliphatic carbocycles. The third kappa shape index (κ3) is 3.08. The van der Waals surface area contributed by atoms with Crippen LogP contribution in [0.3, 0.4) is 0 Å². The van der Waals surface area contributed by atoms with Crippen LogP contribution in [0.15, 0.2) is 17.2 Å². The second-order valence-corrected chi connectivity index (χ2v) is 6.45. The lowest BCUT2D eigenvalue weighted by atomic mass is 10.3. The summed E-state index contributed by atoms with van der Waals surface area (Å²) in [5.41, 5.74) is 0.991. The zero-order valence-corrected chi connectivity index (χ0v) is 11.0. The summed E-state index contributed by atoms with van der Waals surface area (Å²) in [6, 6.07) is 2.49. The van der Waals surface area contributed by atoms with Gasteiger partial charge in [-0.15, -0.1) is 0 Å². The van der Waals surface area contributed by atoms with Crippen molar-refractivity contribution in [2.45, 2.75) is 50.2 Å². The lowest BCUT2D eigenvalue weighted by molar-refractivity contribution is 0.558. The highest BCUT2D eigenvalue weighted by Crippen LogP contribution is 2.37. The molecule has 1 aliphatic rings. The van der Waals surface area contributed by atoms with Crippen molar-refractivity contribution in [3.05, 3.63) is 18.0 Å². The van der Waals surface area contributed by atoms with Gasteiger partial charge in [0, 0.05) is 30.5 Å². The highest BCUT2D eigenvalue weighted by atomic mass is 32.2. The Labute approximate surface area is 102 Å². The number of aromatic nitrogens is 1. The van der Waals surface area contributed by atoms with Crippen molar-refractivity contribution in [2.24, 2.45) is 5.14 Å². The van der Waals surface area contributed by atoms with Crippen LogP contribution in [0, 0.1) is 0 Å². The Hall–Kier alpha value is -0.850. The van der Waals surface area contributed by atoms with Crippen molar-refractivity contribution in [3.8, 4) is 0 Å². The maximum atomic E-state index is 11.3.